The molecule has 0 aliphatic rings. The summed E-state index contributed by atoms with van der Waals surface area (Å²) in [7, 11) is 0. The van der Waals surface area contributed by atoms with Gasteiger partial charge in [0, 0.05) is 6.04 Å². The molecule has 0 bridgehead atoms. The van der Waals surface area contributed by atoms with E-state index in [-0.39, 0.29) is 51.4 Å². The number of carbonyl (C=O) groups excluding carboxylic acids is 1. The molecule has 2 atom stereocenters. The average Bonchev–Trinajstić information content (AvgIpc) is 2.36. The van der Waals surface area contributed by atoms with Crippen molar-refractivity contribution in [2.75, 3.05) is 6.54 Å². The molecule has 0 amide bonds. The van der Waals surface area contributed by atoms with E-state index in [1.54, 1.807) is 0 Å². The normalized spacial score (nSPS) is 13.6. The van der Waals surface area contributed by atoms with Crippen LogP contribution < -0.4 is 56.5 Å². The molecule has 6 heteroatoms. The second-order valence-corrected chi connectivity index (χ2v) is 5.01. The standard InChI is InChI=1S/C14H27NO4.K/c1-4-5-6-7-8-9-10-15(11(2)13(16)17)12(3)14(18)19;/h11-12H,4-10H2,1-3H3,(H,16,17)(H,18,19);/q;+1/p-1. The third-order valence-corrected chi connectivity index (χ3v) is 3.46. The van der Waals surface area contributed by atoms with Gasteiger partial charge in [-0.25, -0.2) is 0 Å². The van der Waals surface area contributed by atoms with Gasteiger partial charge >= 0.3 is 57.4 Å². The third-order valence-electron chi connectivity index (χ3n) is 3.46. The van der Waals surface area contributed by atoms with E-state index in [2.05, 4.69) is 6.92 Å². The number of unbranched alkanes of at least 4 members (excludes halogenated alkanes) is 5. The van der Waals surface area contributed by atoms with Gasteiger partial charge in [0.2, 0.25) is 0 Å². The van der Waals surface area contributed by atoms with Crippen LogP contribution in [0.3, 0.4) is 0 Å². The Morgan fingerprint density at radius 2 is 1.55 bits per heavy atom. The van der Waals surface area contributed by atoms with Gasteiger partial charge in [0.15, 0.2) is 0 Å². The second kappa shape index (κ2) is 13.2. The molecule has 0 saturated heterocycles. The van der Waals surface area contributed by atoms with Gasteiger partial charge in [0.1, 0.15) is 6.04 Å². The van der Waals surface area contributed by atoms with Crippen LogP contribution in [0.15, 0.2) is 0 Å². The largest absolute Gasteiger partial charge is 1.00 e. The minimum atomic E-state index is -1.22. The molecule has 20 heavy (non-hydrogen) atoms. The Morgan fingerprint density at radius 1 is 1.05 bits per heavy atom. The second-order valence-electron chi connectivity index (χ2n) is 5.01. The summed E-state index contributed by atoms with van der Waals surface area (Å²) in [6.45, 7) is 5.62. The Labute approximate surface area is 164 Å². The van der Waals surface area contributed by atoms with E-state index >= 15 is 0 Å². The molecule has 0 aliphatic heterocycles. The summed E-state index contributed by atoms with van der Waals surface area (Å²) in [5.41, 5.74) is 0. The van der Waals surface area contributed by atoms with Gasteiger partial charge in [-0.15, -0.1) is 0 Å². The first-order valence-corrected chi connectivity index (χ1v) is 7.11. The predicted molar refractivity (Wildman–Crippen MR) is 71.6 cm³/mol. The van der Waals surface area contributed by atoms with Crippen molar-refractivity contribution in [3.05, 3.63) is 0 Å². The van der Waals surface area contributed by atoms with Crippen LogP contribution in [0.5, 0.6) is 0 Å². The first kappa shape index (κ1) is 22.8. The fourth-order valence-corrected chi connectivity index (χ4v) is 2.07. The van der Waals surface area contributed by atoms with E-state index in [9.17, 15) is 14.7 Å². The smallest absolute Gasteiger partial charge is 0.548 e. The average molecular weight is 311 g/mol. The van der Waals surface area contributed by atoms with Crippen LogP contribution >= 0.6 is 0 Å². The summed E-state index contributed by atoms with van der Waals surface area (Å²) in [4.78, 5) is 23.4. The first-order valence-electron chi connectivity index (χ1n) is 7.11. The molecule has 0 aromatic carbocycles. The van der Waals surface area contributed by atoms with Crippen molar-refractivity contribution in [1.82, 2.24) is 4.90 Å². The zero-order chi connectivity index (χ0) is 14.8. The number of aliphatic carboxylic acids is 2. The zero-order valence-corrected chi connectivity index (χ0v) is 16.3. The molecule has 1 N–H and O–H groups in total. The van der Waals surface area contributed by atoms with E-state index in [0.29, 0.717) is 6.54 Å². The fraction of sp³-hybridized carbons (Fsp3) is 0.857. The number of carboxylic acids is 2. The van der Waals surface area contributed by atoms with E-state index in [4.69, 9.17) is 5.11 Å². The van der Waals surface area contributed by atoms with Crippen molar-refractivity contribution in [2.45, 2.75) is 71.4 Å². The summed E-state index contributed by atoms with van der Waals surface area (Å²) < 4.78 is 0. The van der Waals surface area contributed by atoms with E-state index in [1.807, 2.05) is 0 Å². The quantitative estimate of drug-likeness (QED) is 0.362. The van der Waals surface area contributed by atoms with Crippen LogP contribution in [0.25, 0.3) is 0 Å². The van der Waals surface area contributed by atoms with Crippen LogP contribution in [0.4, 0.5) is 0 Å². The van der Waals surface area contributed by atoms with Crippen LogP contribution in [-0.2, 0) is 9.59 Å². The van der Waals surface area contributed by atoms with Crippen LogP contribution in [0.2, 0.25) is 0 Å². The number of rotatable bonds is 11. The molecule has 0 saturated carbocycles. The molecule has 0 heterocycles. The molecule has 0 aromatic rings. The number of nitrogens with zero attached hydrogens (tertiary/aromatic N) is 1. The molecule has 0 fully saturated rings. The monoisotopic (exact) mass is 311 g/mol. The van der Waals surface area contributed by atoms with Gasteiger partial charge in [0.05, 0.1) is 5.97 Å². The van der Waals surface area contributed by atoms with Gasteiger partial charge in [-0.2, -0.15) is 0 Å². The van der Waals surface area contributed by atoms with E-state index < -0.39 is 24.0 Å². The number of hydrogen-bond donors (Lipinski definition) is 1. The molecule has 0 rings (SSSR count). The third kappa shape index (κ3) is 9.47. The number of carbonyl (C=O) groups is 2. The Kier molecular flexibility index (Phi) is 15.1. The molecule has 2 unspecified atom stereocenters. The zero-order valence-electron chi connectivity index (χ0n) is 13.2. The van der Waals surface area contributed by atoms with E-state index in [1.165, 1.54) is 38.0 Å². The van der Waals surface area contributed by atoms with Crippen molar-refractivity contribution in [3.63, 3.8) is 0 Å². The topological polar surface area (TPSA) is 80.7 Å². The van der Waals surface area contributed by atoms with Gasteiger partial charge in [-0.3, -0.25) is 9.69 Å². The van der Waals surface area contributed by atoms with Crippen molar-refractivity contribution in [2.24, 2.45) is 0 Å². The summed E-state index contributed by atoms with van der Waals surface area (Å²) in [6.07, 6.45) is 6.51. The van der Waals surface area contributed by atoms with Gasteiger partial charge in [0.25, 0.3) is 0 Å². The molecular weight excluding hydrogens is 285 g/mol. The molecular formula is C14H26KNO4. The predicted octanol–water partition coefficient (Wildman–Crippen LogP) is -1.74. The Hall–Kier alpha value is 0.536. The van der Waals surface area contributed by atoms with Crippen molar-refractivity contribution >= 4 is 11.9 Å². The Morgan fingerprint density at radius 3 is 2.00 bits per heavy atom. The summed E-state index contributed by atoms with van der Waals surface area (Å²) in [5.74, 6) is -2.22. The SMILES string of the molecule is CCCCCCCCN(C(C)C(=O)[O-])C(C)C(=O)O.[K+]. The van der Waals surface area contributed by atoms with E-state index in [0.717, 1.165) is 19.3 Å². The summed E-state index contributed by atoms with van der Waals surface area (Å²) in [6, 6.07) is -1.68. The molecule has 5 nitrogen and oxygen atoms in total. The molecule has 0 aliphatic carbocycles. The van der Waals surface area contributed by atoms with Gasteiger partial charge < -0.3 is 15.0 Å². The van der Waals surface area contributed by atoms with Crippen LogP contribution in [-0.4, -0.2) is 40.6 Å². The van der Waals surface area contributed by atoms with Crippen molar-refractivity contribution in [1.29, 1.82) is 0 Å². The number of carboxylic acid groups (broad SMARTS) is 2. The molecule has 0 radical (unpaired) electrons. The van der Waals surface area contributed by atoms with Crippen LogP contribution in [0, 0.1) is 0 Å². The Balaban J connectivity index is 0. The minimum Gasteiger partial charge on any atom is -0.548 e. The molecule has 0 spiro atoms. The summed E-state index contributed by atoms with van der Waals surface area (Å²) in [5, 5.41) is 19.9. The molecule has 0 aromatic heterocycles. The first-order chi connectivity index (χ1) is 8.91. The fourth-order valence-electron chi connectivity index (χ4n) is 2.07. The Bertz CT molecular complexity index is 266. The van der Waals surface area contributed by atoms with Crippen LogP contribution in [0.1, 0.15) is 59.3 Å². The maximum Gasteiger partial charge on any atom is 1.00 e. The van der Waals surface area contributed by atoms with Gasteiger partial charge in [-0.1, -0.05) is 39.0 Å². The summed E-state index contributed by atoms with van der Waals surface area (Å²) >= 11 is 0. The molecule has 112 valence electrons. The van der Waals surface area contributed by atoms with Gasteiger partial charge in [-0.05, 0) is 26.8 Å². The minimum absolute atomic E-state index is 0. The number of hydrogen-bond acceptors (Lipinski definition) is 4. The maximum absolute atomic E-state index is 11.0. The maximum atomic E-state index is 11.0. The van der Waals surface area contributed by atoms with Crippen molar-refractivity contribution < 1.29 is 71.2 Å². The van der Waals surface area contributed by atoms with Crippen molar-refractivity contribution in [3.8, 4) is 0 Å².